The zero-order valence-electron chi connectivity index (χ0n) is 10.7. The molecule has 1 aliphatic heterocycles. The highest BCUT2D eigenvalue weighted by atomic mass is 15.2. The standard InChI is InChI=1S/C14H22N2/c1-10-5-6-12(11(2)9-10)16-8-7-13(15)14(16,3)4/h5-6,9,13H,7-8,15H2,1-4H3. The van der Waals surface area contributed by atoms with E-state index in [2.05, 4.69) is 50.8 Å². The molecule has 88 valence electrons. The van der Waals surface area contributed by atoms with Gasteiger partial charge in [-0.2, -0.15) is 0 Å². The highest BCUT2D eigenvalue weighted by Crippen LogP contribution is 2.34. The number of hydrogen-bond donors (Lipinski definition) is 1. The van der Waals surface area contributed by atoms with Gasteiger partial charge in [0, 0.05) is 23.8 Å². The highest BCUT2D eigenvalue weighted by molar-refractivity contribution is 5.57. The molecule has 2 nitrogen and oxygen atoms in total. The number of nitrogens with two attached hydrogens (primary N) is 1. The Morgan fingerprint density at radius 1 is 1.31 bits per heavy atom. The first-order valence-electron chi connectivity index (χ1n) is 6.03. The molecule has 1 aliphatic rings. The lowest BCUT2D eigenvalue weighted by atomic mass is 9.95. The van der Waals surface area contributed by atoms with E-state index >= 15 is 0 Å². The molecular weight excluding hydrogens is 196 g/mol. The quantitative estimate of drug-likeness (QED) is 0.785. The van der Waals surface area contributed by atoms with Crippen molar-refractivity contribution in [1.29, 1.82) is 0 Å². The van der Waals surface area contributed by atoms with Gasteiger partial charge in [-0.3, -0.25) is 0 Å². The zero-order valence-corrected chi connectivity index (χ0v) is 10.7. The minimum Gasteiger partial charge on any atom is -0.365 e. The summed E-state index contributed by atoms with van der Waals surface area (Å²) in [6, 6.07) is 6.93. The van der Waals surface area contributed by atoms with E-state index < -0.39 is 0 Å². The van der Waals surface area contributed by atoms with Gasteiger partial charge in [0.15, 0.2) is 0 Å². The van der Waals surface area contributed by atoms with Gasteiger partial charge < -0.3 is 10.6 Å². The monoisotopic (exact) mass is 218 g/mol. The molecule has 0 amide bonds. The fourth-order valence-electron chi connectivity index (χ4n) is 2.65. The molecule has 1 atom stereocenters. The average molecular weight is 218 g/mol. The van der Waals surface area contributed by atoms with Crippen LogP contribution in [0.5, 0.6) is 0 Å². The molecule has 0 saturated carbocycles. The van der Waals surface area contributed by atoms with Crippen molar-refractivity contribution >= 4 is 5.69 Å². The van der Waals surface area contributed by atoms with E-state index in [9.17, 15) is 0 Å². The topological polar surface area (TPSA) is 29.3 Å². The molecule has 0 aromatic heterocycles. The number of benzene rings is 1. The molecule has 0 bridgehead atoms. The third-order valence-electron chi connectivity index (χ3n) is 3.91. The van der Waals surface area contributed by atoms with Crippen molar-refractivity contribution in [3.8, 4) is 0 Å². The number of aryl methyl sites for hydroxylation is 2. The first-order valence-corrected chi connectivity index (χ1v) is 6.03. The summed E-state index contributed by atoms with van der Waals surface area (Å²) in [6.07, 6.45) is 1.08. The maximum Gasteiger partial charge on any atom is 0.0497 e. The van der Waals surface area contributed by atoms with Crippen LogP contribution in [0, 0.1) is 13.8 Å². The van der Waals surface area contributed by atoms with Crippen molar-refractivity contribution in [3.05, 3.63) is 29.3 Å². The Morgan fingerprint density at radius 3 is 2.50 bits per heavy atom. The minimum atomic E-state index is 0.0695. The number of rotatable bonds is 1. The molecule has 1 aromatic carbocycles. The summed E-state index contributed by atoms with van der Waals surface area (Å²) >= 11 is 0. The summed E-state index contributed by atoms with van der Waals surface area (Å²) in [4.78, 5) is 2.45. The Bertz CT molecular complexity index is 396. The second-order valence-electron chi connectivity index (χ2n) is 5.49. The molecule has 0 radical (unpaired) electrons. The Kier molecular flexibility index (Phi) is 2.70. The molecule has 0 spiro atoms. The third kappa shape index (κ3) is 1.71. The van der Waals surface area contributed by atoms with E-state index in [-0.39, 0.29) is 11.6 Å². The van der Waals surface area contributed by atoms with Crippen molar-refractivity contribution in [1.82, 2.24) is 0 Å². The van der Waals surface area contributed by atoms with Gasteiger partial charge >= 0.3 is 0 Å². The minimum absolute atomic E-state index is 0.0695. The molecule has 1 fully saturated rings. The Labute approximate surface area is 98.4 Å². The lowest BCUT2D eigenvalue weighted by Gasteiger charge is -2.37. The van der Waals surface area contributed by atoms with Crippen LogP contribution in [0.15, 0.2) is 18.2 Å². The maximum absolute atomic E-state index is 6.18. The smallest absolute Gasteiger partial charge is 0.0497 e. The van der Waals surface area contributed by atoms with Crippen LogP contribution >= 0.6 is 0 Å². The van der Waals surface area contributed by atoms with Crippen LogP contribution in [0.2, 0.25) is 0 Å². The highest BCUT2D eigenvalue weighted by Gasteiger charge is 2.39. The lowest BCUT2D eigenvalue weighted by molar-refractivity contribution is 0.453. The Morgan fingerprint density at radius 2 is 2.00 bits per heavy atom. The van der Waals surface area contributed by atoms with Gasteiger partial charge in [-0.1, -0.05) is 17.7 Å². The van der Waals surface area contributed by atoms with Crippen molar-refractivity contribution in [2.45, 2.75) is 45.7 Å². The fourth-order valence-corrected chi connectivity index (χ4v) is 2.65. The van der Waals surface area contributed by atoms with Gasteiger partial charge in [0.05, 0.1) is 0 Å². The largest absolute Gasteiger partial charge is 0.365 e. The van der Waals surface area contributed by atoms with E-state index in [1.54, 1.807) is 0 Å². The molecule has 2 rings (SSSR count). The molecule has 16 heavy (non-hydrogen) atoms. The first-order chi connectivity index (χ1) is 7.43. The SMILES string of the molecule is Cc1ccc(N2CCC(N)C2(C)C)c(C)c1. The van der Waals surface area contributed by atoms with Crippen LogP contribution in [0.3, 0.4) is 0 Å². The van der Waals surface area contributed by atoms with Crippen LogP contribution in [-0.4, -0.2) is 18.1 Å². The zero-order chi connectivity index (χ0) is 11.9. The molecule has 2 N–H and O–H groups in total. The van der Waals surface area contributed by atoms with E-state index in [0.717, 1.165) is 13.0 Å². The summed E-state index contributed by atoms with van der Waals surface area (Å²) in [5.74, 6) is 0. The van der Waals surface area contributed by atoms with Crippen molar-refractivity contribution in [2.75, 3.05) is 11.4 Å². The average Bonchev–Trinajstić information content (AvgIpc) is 2.44. The molecule has 1 saturated heterocycles. The normalized spacial score (nSPS) is 23.8. The first kappa shape index (κ1) is 11.5. The molecule has 0 aliphatic carbocycles. The molecule has 1 aromatic rings. The van der Waals surface area contributed by atoms with Gasteiger partial charge in [-0.05, 0) is 45.7 Å². The molecule has 1 heterocycles. The summed E-state index contributed by atoms with van der Waals surface area (Å²) < 4.78 is 0. The van der Waals surface area contributed by atoms with Gasteiger partial charge in [0.25, 0.3) is 0 Å². The van der Waals surface area contributed by atoms with Crippen LogP contribution in [0.1, 0.15) is 31.4 Å². The van der Waals surface area contributed by atoms with E-state index in [0.29, 0.717) is 0 Å². The summed E-state index contributed by atoms with van der Waals surface area (Å²) in [5.41, 5.74) is 10.3. The second kappa shape index (κ2) is 3.77. The number of anilines is 1. The van der Waals surface area contributed by atoms with Crippen molar-refractivity contribution in [2.24, 2.45) is 5.73 Å². The maximum atomic E-state index is 6.18. The summed E-state index contributed by atoms with van der Waals surface area (Å²) in [7, 11) is 0. The predicted octanol–water partition coefficient (Wildman–Crippen LogP) is 2.62. The summed E-state index contributed by atoms with van der Waals surface area (Å²) in [6.45, 7) is 9.87. The Balaban J connectivity index is 2.38. The van der Waals surface area contributed by atoms with Gasteiger partial charge in [0.1, 0.15) is 0 Å². The summed E-state index contributed by atoms with van der Waals surface area (Å²) in [5, 5.41) is 0. The second-order valence-corrected chi connectivity index (χ2v) is 5.49. The molecule has 2 heteroatoms. The van der Waals surface area contributed by atoms with Crippen molar-refractivity contribution < 1.29 is 0 Å². The fraction of sp³-hybridized carbons (Fsp3) is 0.571. The molecule has 1 unspecified atom stereocenters. The Hall–Kier alpha value is -1.02. The van der Waals surface area contributed by atoms with Gasteiger partial charge in [0.2, 0.25) is 0 Å². The van der Waals surface area contributed by atoms with Gasteiger partial charge in [-0.15, -0.1) is 0 Å². The van der Waals surface area contributed by atoms with Crippen LogP contribution < -0.4 is 10.6 Å². The van der Waals surface area contributed by atoms with Crippen molar-refractivity contribution in [3.63, 3.8) is 0 Å². The predicted molar refractivity (Wildman–Crippen MR) is 69.9 cm³/mol. The molecular formula is C14H22N2. The van der Waals surface area contributed by atoms with Gasteiger partial charge in [-0.25, -0.2) is 0 Å². The lowest BCUT2D eigenvalue weighted by Crippen LogP contribution is -2.49. The van der Waals surface area contributed by atoms with Crippen LogP contribution in [0.25, 0.3) is 0 Å². The van der Waals surface area contributed by atoms with E-state index in [1.165, 1.54) is 16.8 Å². The van der Waals surface area contributed by atoms with Crippen LogP contribution in [0.4, 0.5) is 5.69 Å². The van der Waals surface area contributed by atoms with E-state index in [4.69, 9.17) is 5.73 Å². The third-order valence-corrected chi connectivity index (χ3v) is 3.91. The number of hydrogen-bond acceptors (Lipinski definition) is 2. The van der Waals surface area contributed by atoms with E-state index in [1.807, 2.05) is 0 Å². The number of nitrogens with zero attached hydrogens (tertiary/aromatic N) is 1. The van der Waals surface area contributed by atoms with Crippen LogP contribution in [-0.2, 0) is 0 Å².